The number of carbonyl (C=O) groups is 1. The van der Waals surface area contributed by atoms with Crippen molar-refractivity contribution in [1.82, 2.24) is 4.98 Å². The van der Waals surface area contributed by atoms with Gasteiger partial charge in [0, 0.05) is 12.9 Å². The highest BCUT2D eigenvalue weighted by Gasteiger charge is 2.09. The van der Waals surface area contributed by atoms with Gasteiger partial charge in [-0.2, -0.15) is 0 Å². The molecule has 2 aromatic heterocycles. The molecule has 0 aromatic carbocycles. The van der Waals surface area contributed by atoms with Crippen LogP contribution in [0.15, 0.2) is 28.1 Å². The van der Waals surface area contributed by atoms with E-state index in [-0.39, 0.29) is 12.6 Å². The summed E-state index contributed by atoms with van der Waals surface area (Å²) in [6.45, 7) is 0.742. The quantitative estimate of drug-likeness (QED) is 0.551. The second kappa shape index (κ2) is 8.08. The van der Waals surface area contributed by atoms with Crippen molar-refractivity contribution in [3.8, 4) is 10.8 Å². The molecule has 5 nitrogen and oxygen atoms in total. The van der Waals surface area contributed by atoms with E-state index in [2.05, 4.69) is 4.98 Å². The van der Waals surface area contributed by atoms with Gasteiger partial charge < -0.3 is 13.9 Å². The van der Waals surface area contributed by atoms with Crippen molar-refractivity contribution >= 4 is 29.1 Å². The first kappa shape index (κ1) is 15.1. The summed E-state index contributed by atoms with van der Waals surface area (Å²) in [4.78, 5) is 16.6. The molecule has 0 atom stereocenters. The maximum atomic E-state index is 11.5. The van der Waals surface area contributed by atoms with Gasteiger partial charge in [0.2, 0.25) is 5.89 Å². The molecule has 0 unspecified atom stereocenters. The van der Waals surface area contributed by atoms with E-state index in [1.807, 2.05) is 17.5 Å². The third kappa shape index (κ3) is 4.66. The van der Waals surface area contributed by atoms with E-state index >= 15 is 0 Å². The molecular weight excluding hydrogens is 298 g/mol. The Bertz CT molecular complexity index is 524. The fourth-order valence-electron chi connectivity index (χ4n) is 1.38. The minimum atomic E-state index is -0.264. The molecule has 0 aliphatic heterocycles. The van der Waals surface area contributed by atoms with Crippen molar-refractivity contribution in [2.75, 3.05) is 25.2 Å². The highest BCUT2D eigenvalue weighted by Crippen LogP contribution is 2.24. The zero-order valence-corrected chi connectivity index (χ0v) is 12.7. The molecular formula is C13H15NO4S2. The Morgan fingerprint density at radius 1 is 1.55 bits per heavy atom. The number of thiophene rings is 1. The lowest BCUT2D eigenvalue weighted by Crippen LogP contribution is -2.08. The van der Waals surface area contributed by atoms with E-state index in [1.165, 1.54) is 11.8 Å². The first-order valence-corrected chi connectivity index (χ1v) is 8.04. The molecule has 0 fully saturated rings. The summed E-state index contributed by atoms with van der Waals surface area (Å²) in [5.41, 5.74) is 0. The van der Waals surface area contributed by atoms with Gasteiger partial charge in [0.15, 0.2) is 12.4 Å². The van der Waals surface area contributed by atoms with E-state index in [0.717, 1.165) is 10.6 Å². The molecule has 2 rings (SSSR count). The smallest absolute Gasteiger partial charge is 0.316 e. The maximum absolute atomic E-state index is 11.5. The number of aromatic nitrogens is 1. The van der Waals surface area contributed by atoms with Gasteiger partial charge in [0.1, 0.15) is 0 Å². The number of rotatable bonds is 8. The number of nitrogens with zero attached hydrogens (tertiary/aromatic N) is 1. The van der Waals surface area contributed by atoms with E-state index in [4.69, 9.17) is 13.9 Å². The Balaban J connectivity index is 1.73. The number of thioether (sulfide) groups is 1. The third-order valence-electron chi connectivity index (χ3n) is 2.31. The number of hydrogen-bond acceptors (Lipinski definition) is 7. The summed E-state index contributed by atoms with van der Waals surface area (Å²) in [5, 5.41) is 1.95. The van der Waals surface area contributed by atoms with Crippen LogP contribution in [0.3, 0.4) is 0 Å². The van der Waals surface area contributed by atoms with Gasteiger partial charge in [-0.05, 0) is 11.4 Å². The molecule has 0 radical (unpaired) electrons. The first-order chi connectivity index (χ1) is 9.79. The Hall–Kier alpha value is -1.31. The summed E-state index contributed by atoms with van der Waals surface area (Å²) in [5.74, 6) is 1.93. The van der Waals surface area contributed by atoms with Gasteiger partial charge in [0.05, 0.1) is 23.4 Å². The summed E-state index contributed by atoms with van der Waals surface area (Å²) in [7, 11) is 1.63. The van der Waals surface area contributed by atoms with Crippen LogP contribution in [-0.4, -0.2) is 36.2 Å². The lowest BCUT2D eigenvalue weighted by Gasteiger charge is -2.02. The molecule has 20 heavy (non-hydrogen) atoms. The van der Waals surface area contributed by atoms with E-state index in [1.54, 1.807) is 24.6 Å². The van der Waals surface area contributed by atoms with Crippen LogP contribution in [-0.2, 0) is 20.9 Å². The number of ether oxygens (including phenoxy) is 2. The molecule has 7 heteroatoms. The maximum Gasteiger partial charge on any atom is 0.316 e. The molecule has 0 N–H and O–H groups in total. The summed E-state index contributed by atoms with van der Waals surface area (Å²) in [6.07, 6.45) is 1.58. The zero-order valence-electron chi connectivity index (χ0n) is 11.0. The lowest BCUT2D eigenvalue weighted by atomic mass is 10.5. The van der Waals surface area contributed by atoms with E-state index < -0.39 is 0 Å². The zero-order chi connectivity index (χ0) is 14.2. The molecule has 0 saturated heterocycles. The van der Waals surface area contributed by atoms with Crippen LogP contribution in [0, 0.1) is 0 Å². The van der Waals surface area contributed by atoms with Crippen LogP contribution in [0.5, 0.6) is 0 Å². The Labute approximate surface area is 125 Å². The average Bonchev–Trinajstić information content (AvgIpc) is 3.11. The normalized spacial score (nSPS) is 10.7. The third-order valence-corrected chi connectivity index (χ3v) is 4.07. The van der Waals surface area contributed by atoms with Crippen LogP contribution in [0.4, 0.5) is 0 Å². The largest absolute Gasteiger partial charge is 0.457 e. The Morgan fingerprint density at radius 3 is 3.20 bits per heavy atom. The minimum absolute atomic E-state index is 0.113. The Kier molecular flexibility index (Phi) is 6.10. The van der Waals surface area contributed by atoms with Gasteiger partial charge in [-0.3, -0.25) is 4.79 Å². The Morgan fingerprint density at radius 2 is 2.45 bits per heavy atom. The average molecular weight is 313 g/mol. The first-order valence-electron chi connectivity index (χ1n) is 6.00. The molecule has 0 aliphatic rings. The standard InChI is InChI=1S/C13H15NO4S2/c1-16-4-6-19-9-12(15)17-8-10-7-14-13(18-10)11-3-2-5-20-11/h2-3,5,7H,4,6,8-9H2,1H3. The van der Waals surface area contributed by atoms with Gasteiger partial charge >= 0.3 is 5.97 Å². The second-order valence-electron chi connectivity index (χ2n) is 3.82. The van der Waals surface area contributed by atoms with Crippen LogP contribution in [0.25, 0.3) is 10.8 Å². The molecule has 0 spiro atoms. The van der Waals surface area contributed by atoms with Crippen molar-refractivity contribution < 1.29 is 18.7 Å². The molecule has 0 saturated carbocycles. The lowest BCUT2D eigenvalue weighted by molar-refractivity contribution is -0.142. The predicted molar refractivity (Wildman–Crippen MR) is 78.8 cm³/mol. The molecule has 0 bridgehead atoms. The fraction of sp³-hybridized carbons (Fsp3) is 0.385. The monoisotopic (exact) mass is 313 g/mol. The van der Waals surface area contributed by atoms with Gasteiger partial charge in [-0.15, -0.1) is 23.1 Å². The fourth-order valence-corrected chi connectivity index (χ4v) is 2.71. The van der Waals surface area contributed by atoms with Gasteiger partial charge in [0.25, 0.3) is 0 Å². The topological polar surface area (TPSA) is 61.6 Å². The molecule has 2 aromatic rings. The van der Waals surface area contributed by atoms with Crippen LogP contribution >= 0.6 is 23.1 Å². The summed E-state index contributed by atoms with van der Waals surface area (Å²) < 4.78 is 15.5. The van der Waals surface area contributed by atoms with Crippen molar-refractivity contribution in [1.29, 1.82) is 0 Å². The van der Waals surface area contributed by atoms with E-state index in [0.29, 0.717) is 24.0 Å². The summed E-state index contributed by atoms with van der Waals surface area (Å²) in [6, 6.07) is 3.86. The van der Waals surface area contributed by atoms with E-state index in [9.17, 15) is 4.79 Å². The molecule has 0 amide bonds. The highest BCUT2D eigenvalue weighted by atomic mass is 32.2. The molecule has 108 valence electrons. The second-order valence-corrected chi connectivity index (χ2v) is 5.87. The number of oxazole rings is 1. The van der Waals surface area contributed by atoms with Crippen LogP contribution < -0.4 is 0 Å². The molecule has 0 aliphatic carbocycles. The van der Waals surface area contributed by atoms with Crippen molar-refractivity contribution in [2.24, 2.45) is 0 Å². The number of esters is 1. The molecule has 2 heterocycles. The number of hydrogen-bond donors (Lipinski definition) is 0. The SMILES string of the molecule is COCCSCC(=O)OCc1cnc(-c2cccs2)o1. The number of carbonyl (C=O) groups excluding carboxylic acids is 1. The highest BCUT2D eigenvalue weighted by molar-refractivity contribution is 7.99. The van der Waals surface area contributed by atoms with Crippen molar-refractivity contribution in [3.63, 3.8) is 0 Å². The van der Waals surface area contributed by atoms with Crippen LogP contribution in [0.2, 0.25) is 0 Å². The van der Waals surface area contributed by atoms with Crippen LogP contribution in [0.1, 0.15) is 5.76 Å². The summed E-state index contributed by atoms with van der Waals surface area (Å²) >= 11 is 3.03. The minimum Gasteiger partial charge on any atom is -0.457 e. The van der Waals surface area contributed by atoms with Crippen molar-refractivity contribution in [2.45, 2.75) is 6.61 Å². The number of methoxy groups -OCH3 is 1. The van der Waals surface area contributed by atoms with Crippen molar-refractivity contribution in [3.05, 3.63) is 29.5 Å². The van der Waals surface area contributed by atoms with Gasteiger partial charge in [-0.1, -0.05) is 6.07 Å². The van der Waals surface area contributed by atoms with Gasteiger partial charge in [-0.25, -0.2) is 4.98 Å². The predicted octanol–water partition coefficient (Wildman–Crippen LogP) is 2.83.